The van der Waals surface area contributed by atoms with Crippen LogP contribution < -0.4 is 24.8 Å². The van der Waals surface area contributed by atoms with E-state index in [-0.39, 0.29) is 30.8 Å². The number of nitrogens with zero attached hydrogens (tertiary/aromatic N) is 2. The highest BCUT2D eigenvalue weighted by atomic mass is 127. The number of hydrogen-bond acceptors (Lipinski definition) is 5. The molecular formula is C18H23IN4O3. The Morgan fingerprint density at radius 2 is 2.04 bits per heavy atom. The van der Waals surface area contributed by atoms with Crippen LogP contribution in [-0.4, -0.2) is 31.4 Å². The third kappa shape index (κ3) is 5.38. The summed E-state index contributed by atoms with van der Waals surface area (Å²) in [5, 5.41) is 6.50. The minimum absolute atomic E-state index is 0. The summed E-state index contributed by atoms with van der Waals surface area (Å²) in [7, 11) is 1.61. The highest BCUT2D eigenvalue weighted by molar-refractivity contribution is 14.0. The van der Waals surface area contributed by atoms with Crippen molar-refractivity contribution in [2.24, 2.45) is 4.99 Å². The Kier molecular flexibility index (Phi) is 7.76. The number of halogens is 1. The number of nitrogens with one attached hydrogen (secondary N) is 2. The topological polar surface area (TPSA) is 77.0 Å². The summed E-state index contributed by atoms with van der Waals surface area (Å²) in [5.74, 6) is 2.87. The van der Waals surface area contributed by atoms with E-state index in [1.165, 1.54) is 0 Å². The molecule has 8 heteroatoms. The predicted molar refractivity (Wildman–Crippen MR) is 110 cm³/mol. The lowest BCUT2D eigenvalue weighted by Gasteiger charge is -2.11. The van der Waals surface area contributed by atoms with Gasteiger partial charge in [-0.2, -0.15) is 0 Å². The summed E-state index contributed by atoms with van der Waals surface area (Å²) in [6, 6.07) is 11.5. The average Bonchev–Trinajstić information content (AvgIpc) is 3.12. The van der Waals surface area contributed by atoms with Crippen molar-refractivity contribution in [3.05, 3.63) is 47.7 Å². The number of fused-ring (bicyclic) bond motifs is 1. The van der Waals surface area contributed by atoms with Gasteiger partial charge >= 0.3 is 0 Å². The number of rotatable bonds is 6. The molecule has 1 aromatic carbocycles. The molecule has 0 fully saturated rings. The van der Waals surface area contributed by atoms with Crippen LogP contribution >= 0.6 is 24.0 Å². The standard InChI is InChI=1S/C18H22N4O3.HI/c1-3-19-18(21-11-14-5-4-6-17(22-14)23-2)20-10-13-7-8-15-16(9-13)25-12-24-15;/h4-9H,3,10-12H2,1-2H3,(H2,19,20,21);1H. The molecule has 2 aromatic rings. The Balaban J connectivity index is 0.00000243. The van der Waals surface area contributed by atoms with Crippen molar-refractivity contribution in [3.8, 4) is 17.4 Å². The SMILES string of the molecule is CCNC(=NCc1ccc2c(c1)OCO2)NCc1cccc(OC)n1.I. The third-order valence-corrected chi connectivity index (χ3v) is 3.63. The van der Waals surface area contributed by atoms with E-state index in [1.54, 1.807) is 7.11 Å². The van der Waals surface area contributed by atoms with E-state index in [0.717, 1.165) is 35.3 Å². The molecule has 26 heavy (non-hydrogen) atoms. The summed E-state index contributed by atoms with van der Waals surface area (Å²) < 4.78 is 15.9. The van der Waals surface area contributed by atoms with Crippen LogP contribution in [0.15, 0.2) is 41.4 Å². The number of hydrogen-bond donors (Lipinski definition) is 2. The Hall–Kier alpha value is -2.23. The second-order valence-corrected chi connectivity index (χ2v) is 5.41. The molecule has 3 rings (SSSR count). The Morgan fingerprint density at radius 3 is 2.85 bits per heavy atom. The molecule has 1 aliphatic heterocycles. The Bertz CT molecular complexity index is 755. The summed E-state index contributed by atoms with van der Waals surface area (Å²) in [6.45, 7) is 4.18. The number of methoxy groups -OCH3 is 1. The molecule has 0 spiro atoms. The van der Waals surface area contributed by atoms with E-state index in [1.807, 2.05) is 43.3 Å². The van der Waals surface area contributed by atoms with Crippen LogP contribution in [0.1, 0.15) is 18.2 Å². The van der Waals surface area contributed by atoms with Crippen LogP contribution in [0.2, 0.25) is 0 Å². The fourth-order valence-electron chi connectivity index (χ4n) is 2.40. The molecule has 0 radical (unpaired) electrons. The largest absolute Gasteiger partial charge is 0.481 e. The predicted octanol–water partition coefficient (Wildman–Crippen LogP) is 2.69. The van der Waals surface area contributed by atoms with Crippen molar-refractivity contribution in [1.82, 2.24) is 15.6 Å². The summed E-state index contributed by atoms with van der Waals surface area (Å²) >= 11 is 0. The fourth-order valence-corrected chi connectivity index (χ4v) is 2.40. The van der Waals surface area contributed by atoms with Gasteiger partial charge in [-0.15, -0.1) is 24.0 Å². The van der Waals surface area contributed by atoms with E-state index in [0.29, 0.717) is 19.0 Å². The lowest BCUT2D eigenvalue weighted by Crippen LogP contribution is -2.37. The molecule has 0 unspecified atom stereocenters. The Morgan fingerprint density at radius 1 is 1.19 bits per heavy atom. The highest BCUT2D eigenvalue weighted by Crippen LogP contribution is 2.32. The van der Waals surface area contributed by atoms with E-state index in [4.69, 9.17) is 14.2 Å². The maximum Gasteiger partial charge on any atom is 0.231 e. The first-order valence-corrected chi connectivity index (χ1v) is 8.19. The van der Waals surface area contributed by atoms with E-state index in [2.05, 4.69) is 20.6 Å². The van der Waals surface area contributed by atoms with Crippen LogP contribution in [0, 0.1) is 0 Å². The van der Waals surface area contributed by atoms with Crippen LogP contribution in [-0.2, 0) is 13.1 Å². The van der Waals surface area contributed by atoms with Crippen molar-refractivity contribution >= 4 is 29.9 Å². The zero-order valence-corrected chi connectivity index (χ0v) is 17.2. The van der Waals surface area contributed by atoms with Crippen molar-refractivity contribution in [1.29, 1.82) is 0 Å². The van der Waals surface area contributed by atoms with Gasteiger partial charge in [0.25, 0.3) is 0 Å². The van der Waals surface area contributed by atoms with Crippen molar-refractivity contribution in [2.75, 3.05) is 20.4 Å². The molecule has 0 saturated heterocycles. The van der Waals surface area contributed by atoms with Gasteiger partial charge in [0.15, 0.2) is 17.5 Å². The number of pyridine rings is 1. The van der Waals surface area contributed by atoms with Gasteiger partial charge in [0.1, 0.15) is 0 Å². The van der Waals surface area contributed by atoms with Crippen LogP contribution in [0.4, 0.5) is 0 Å². The normalized spacial score (nSPS) is 12.3. The van der Waals surface area contributed by atoms with Gasteiger partial charge < -0.3 is 24.8 Å². The van der Waals surface area contributed by atoms with Crippen molar-refractivity contribution in [3.63, 3.8) is 0 Å². The quantitative estimate of drug-likeness (QED) is 0.384. The average molecular weight is 470 g/mol. The zero-order chi connectivity index (χ0) is 17.5. The molecule has 0 saturated carbocycles. The molecule has 2 N–H and O–H groups in total. The number of aliphatic imine (C=N–C) groups is 1. The lowest BCUT2D eigenvalue weighted by molar-refractivity contribution is 0.174. The van der Waals surface area contributed by atoms with Crippen LogP contribution in [0.3, 0.4) is 0 Å². The van der Waals surface area contributed by atoms with Gasteiger partial charge in [0.2, 0.25) is 12.7 Å². The zero-order valence-electron chi connectivity index (χ0n) is 14.8. The summed E-state index contributed by atoms with van der Waals surface area (Å²) in [5.41, 5.74) is 1.94. The van der Waals surface area contributed by atoms with Crippen LogP contribution in [0.5, 0.6) is 17.4 Å². The van der Waals surface area contributed by atoms with Crippen molar-refractivity contribution < 1.29 is 14.2 Å². The highest BCUT2D eigenvalue weighted by Gasteiger charge is 2.13. The molecular weight excluding hydrogens is 447 g/mol. The maximum absolute atomic E-state index is 5.40. The molecule has 7 nitrogen and oxygen atoms in total. The number of benzene rings is 1. The first-order chi connectivity index (χ1) is 12.3. The monoisotopic (exact) mass is 470 g/mol. The molecule has 1 aliphatic rings. The van der Waals surface area contributed by atoms with Gasteiger partial charge in [-0.05, 0) is 30.7 Å². The lowest BCUT2D eigenvalue weighted by atomic mass is 10.2. The first kappa shape index (κ1) is 20.1. The molecule has 2 heterocycles. The molecule has 0 amide bonds. The molecule has 140 valence electrons. The summed E-state index contributed by atoms with van der Waals surface area (Å²) in [4.78, 5) is 8.99. The minimum Gasteiger partial charge on any atom is -0.481 e. The van der Waals surface area contributed by atoms with E-state index < -0.39 is 0 Å². The van der Waals surface area contributed by atoms with Crippen molar-refractivity contribution in [2.45, 2.75) is 20.0 Å². The molecule has 0 atom stereocenters. The maximum atomic E-state index is 5.40. The summed E-state index contributed by atoms with van der Waals surface area (Å²) in [6.07, 6.45) is 0. The van der Waals surface area contributed by atoms with Gasteiger partial charge in [0.05, 0.1) is 25.9 Å². The van der Waals surface area contributed by atoms with Gasteiger partial charge in [-0.25, -0.2) is 9.98 Å². The second-order valence-electron chi connectivity index (χ2n) is 5.41. The molecule has 0 bridgehead atoms. The molecule has 0 aliphatic carbocycles. The molecule has 1 aromatic heterocycles. The second kappa shape index (κ2) is 10.0. The Labute approximate surface area is 170 Å². The van der Waals surface area contributed by atoms with E-state index >= 15 is 0 Å². The van der Waals surface area contributed by atoms with Gasteiger partial charge in [0, 0.05) is 12.6 Å². The number of aromatic nitrogens is 1. The van der Waals surface area contributed by atoms with Gasteiger partial charge in [-0.1, -0.05) is 12.1 Å². The fraction of sp³-hybridized carbons (Fsp3) is 0.333. The first-order valence-electron chi connectivity index (χ1n) is 8.19. The van der Waals surface area contributed by atoms with E-state index in [9.17, 15) is 0 Å². The smallest absolute Gasteiger partial charge is 0.231 e. The van der Waals surface area contributed by atoms with Crippen LogP contribution in [0.25, 0.3) is 0 Å². The van der Waals surface area contributed by atoms with Gasteiger partial charge in [-0.3, -0.25) is 0 Å². The minimum atomic E-state index is 0. The number of guanidine groups is 1. The third-order valence-electron chi connectivity index (χ3n) is 3.63. The number of ether oxygens (including phenoxy) is 3.